The van der Waals surface area contributed by atoms with E-state index in [1.54, 1.807) is 6.08 Å². The maximum absolute atomic E-state index is 10.6. The van der Waals surface area contributed by atoms with Gasteiger partial charge in [-0.2, -0.15) is 0 Å². The Morgan fingerprint density at radius 1 is 0.839 bits per heavy atom. The van der Waals surface area contributed by atoms with Gasteiger partial charge in [0.1, 0.15) is 0 Å². The highest BCUT2D eigenvalue weighted by Crippen LogP contribution is 2.23. The van der Waals surface area contributed by atoms with Gasteiger partial charge in [0.25, 0.3) is 0 Å². The molecule has 1 N–H and O–H groups in total. The maximum atomic E-state index is 10.6. The van der Waals surface area contributed by atoms with Crippen LogP contribution >= 0.6 is 0 Å². The third-order valence-electron chi connectivity index (χ3n) is 4.91. The van der Waals surface area contributed by atoms with E-state index in [-0.39, 0.29) is 0 Å². The normalized spacial score (nSPS) is 11.8. The van der Waals surface area contributed by atoms with Crippen LogP contribution < -0.4 is 0 Å². The standard InChI is InChI=1S/C25H34O5Si/c1-4-28-31(29-5-2,30-6-3)20-8-7-9-21-10-15-23(16-11-21)24-17-12-22(13-18-24)14-19-25(26)27/h10-19H,4-9,20H2,1-3H3,(H,26,27). The fourth-order valence-electron chi connectivity index (χ4n) is 3.49. The average Bonchev–Trinajstić information content (AvgIpc) is 2.77. The third-order valence-corrected chi connectivity index (χ3v) is 8.06. The molecule has 0 aliphatic heterocycles. The topological polar surface area (TPSA) is 65.0 Å². The van der Waals surface area contributed by atoms with Gasteiger partial charge in [-0.15, -0.1) is 0 Å². The summed E-state index contributed by atoms with van der Waals surface area (Å²) in [6.45, 7) is 7.81. The summed E-state index contributed by atoms with van der Waals surface area (Å²) in [7, 11) is -2.54. The molecule has 6 heteroatoms. The van der Waals surface area contributed by atoms with E-state index >= 15 is 0 Å². The molecule has 0 atom stereocenters. The molecule has 0 radical (unpaired) electrons. The Bertz CT molecular complexity index is 798. The summed E-state index contributed by atoms with van der Waals surface area (Å²) in [6, 6.07) is 17.3. The van der Waals surface area contributed by atoms with Crippen molar-refractivity contribution in [3.63, 3.8) is 0 Å². The Labute approximate surface area is 187 Å². The number of hydrogen-bond acceptors (Lipinski definition) is 4. The van der Waals surface area contributed by atoms with Crippen LogP contribution in [0.25, 0.3) is 17.2 Å². The molecule has 168 valence electrons. The summed E-state index contributed by atoms with van der Waals surface area (Å²) in [6.07, 6.45) is 5.82. The van der Waals surface area contributed by atoms with E-state index in [1.807, 2.05) is 45.0 Å². The number of unbranched alkanes of at least 4 members (excludes halogenated alkanes) is 1. The van der Waals surface area contributed by atoms with Gasteiger partial charge in [0.05, 0.1) is 0 Å². The van der Waals surface area contributed by atoms with Crippen molar-refractivity contribution < 1.29 is 23.2 Å². The van der Waals surface area contributed by atoms with E-state index in [0.717, 1.165) is 48.1 Å². The van der Waals surface area contributed by atoms with Gasteiger partial charge >= 0.3 is 14.8 Å². The molecule has 2 aromatic rings. The number of rotatable bonds is 14. The van der Waals surface area contributed by atoms with Crippen molar-refractivity contribution in [1.29, 1.82) is 0 Å². The minimum Gasteiger partial charge on any atom is -0.478 e. The molecule has 0 amide bonds. The average molecular weight is 443 g/mol. The second-order valence-electron chi connectivity index (χ2n) is 7.18. The first kappa shape index (κ1) is 25.0. The summed E-state index contributed by atoms with van der Waals surface area (Å²) in [5.74, 6) is -0.943. The van der Waals surface area contributed by atoms with Crippen molar-refractivity contribution in [2.75, 3.05) is 19.8 Å². The molecular formula is C25H34O5Si. The fraction of sp³-hybridized carbons (Fsp3) is 0.400. The molecule has 0 aromatic heterocycles. The van der Waals surface area contributed by atoms with E-state index in [4.69, 9.17) is 18.4 Å². The first-order chi connectivity index (χ1) is 15.0. The van der Waals surface area contributed by atoms with Crippen LogP contribution in [0.5, 0.6) is 0 Å². The number of benzene rings is 2. The first-order valence-corrected chi connectivity index (χ1v) is 13.0. The highest BCUT2D eigenvalue weighted by molar-refractivity contribution is 6.60. The molecule has 0 spiro atoms. The second kappa shape index (κ2) is 13.2. The van der Waals surface area contributed by atoms with Gasteiger partial charge in [0.2, 0.25) is 0 Å². The van der Waals surface area contributed by atoms with Crippen LogP contribution in [0.1, 0.15) is 44.7 Å². The molecule has 0 unspecified atom stereocenters. The molecule has 0 aliphatic carbocycles. The lowest BCUT2D eigenvalue weighted by atomic mass is 10.0. The van der Waals surface area contributed by atoms with Crippen molar-refractivity contribution in [2.24, 2.45) is 0 Å². The number of aliphatic carboxylic acids is 1. The lowest BCUT2D eigenvalue weighted by molar-refractivity contribution is -0.131. The minimum absolute atomic E-state index is 0.616. The summed E-state index contributed by atoms with van der Waals surface area (Å²) in [5, 5.41) is 8.72. The van der Waals surface area contributed by atoms with Gasteiger partial charge in [0.15, 0.2) is 0 Å². The van der Waals surface area contributed by atoms with Gasteiger partial charge in [-0.25, -0.2) is 4.79 Å². The zero-order chi connectivity index (χ0) is 22.5. The van der Waals surface area contributed by atoms with E-state index in [9.17, 15) is 4.79 Å². The molecule has 0 heterocycles. The molecule has 0 fully saturated rings. The van der Waals surface area contributed by atoms with Crippen molar-refractivity contribution in [1.82, 2.24) is 0 Å². The predicted octanol–water partition coefficient (Wildman–Crippen LogP) is 5.82. The van der Waals surface area contributed by atoms with Crippen LogP contribution in [0.4, 0.5) is 0 Å². The van der Waals surface area contributed by atoms with Crippen LogP contribution in [0.2, 0.25) is 6.04 Å². The molecule has 31 heavy (non-hydrogen) atoms. The van der Waals surface area contributed by atoms with Crippen LogP contribution in [-0.4, -0.2) is 39.7 Å². The third kappa shape index (κ3) is 8.42. The lowest BCUT2D eigenvalue weighted by Gasteiger charge is -2.28. The lowest BCUT2D eigenvalue weighted by Crippen LogP contribution is -2.45. The molecule has 5 nitrogen and oxygen atoms in total. The number of carboxylic acids is 1. The monoisotopic (exact) mass is 442 g/mol. The number of carboxylic acid groups (broad SMARTS) is 1. The van der Waals surface area contributed by atoms with E-state index in [2.05, 4.69) is 24.3 Å². The van der Waals surface area contributed by atoms with Crippen molar-refractivity contribution in [3.05, 3.63) is 65.7 Å². The smallest absolute Gasteiger partial charge is 0.478 e. The maximum Gasteiger partial charge on any atom is 0.500 e. The SMILES string of the molecule is CCO[Si](CCCCc1ccc(-c2ccc(C=CC(=O)O)cc2)cc1)(OCC)OCC. The van der Waals surface area contributed by atoms with Gasteiger partial charge in [0, 0.05) is 31.9 Å². The number of hydrogen-bond donors (Lipinski definition) is 1. The quantitative estimate of drug-likeness (QED) is 0.227. The predicted molar refractivity (Wildman–Crippen MR) is 127 cm³/mol. The minimum atomic E-state index is -2.54. The van der Waals surface area contributed by atoms with Crippen molar-refractivity contribution >= 4 is 20.8 Å². The molecule has 0 aliphatic rings. The molecule has 2 aromatic carbocycles. The Morgan fingerprint density at radius 3 is 1.84 bits per heavy atom. The van der Waals surface area contributed by atoms with Crippen LogP contribution in [0.3, 0.4) is 0 Å². The molecule has 0 saturated carbocycles. The Balaban J connectivity index is 1.89. The molecule has 0 bridgehead atoms. The van der Waals surface area contributed by atoms with Gasteiger partial charge in [-0.3, -0.25) is 0 Å². The summed E-state index contributed by atoms with van der Waals surface area (Å²) in [5.41, 5.74) is 4.43. The second-order valence-corrected chi connectivity index (χ2v) is 9.91. The van der Waals surface area contributed by atoms with Crippen LogP contribution in [-0.2, 0) is 24.5 Å². The van der Waals surface area contributed by atoms with Crippen LogP contribution in [0.15, 0.2) is 54.6 Å². The van der Waals surface area contributed by atoms with Gasteiger partial charge in [-0.05, 0) is 68.4 Å². The Hall–Kier alpha value is -2.25. The molecule has 2 rings (SSSR count). The highest BCUT2D eigenvalue weighted by Gasteiger charge is 2.39. The number of carbonyl (C=O) groups is 1. The molecule has 0 saturated heterocycles. The Kier molecular flexibility index (Phi) is 10.7. The highest BCUT2D eigenvalue weighted by atomic mass is 28.4. The summed E-state index contributed by atoms with van der Waals surface area (Å²) in [4.78, 5) is 10.6. The van der Waals surface area contributed by atoms with Crippen molar-refractivity contribution in [2.45, 2.75) is 46.1 Å². The Morgan fingerprint density at radius 2 is 1.35 bits per heavy atom. The first-order valence-electron chi connectivity index (χ1n) is 11.0. The number of aryl methyl sites for hydroxylation is 1. The van der Waals surface area contributed by atoms with E-state index < -0.39 is 14.8 Å². The zero-order valence-corrected chi connectivity index (χ0v) is 19.8. The van der Waals surface area contributed by atoms with E-state index in [0.29, 0.717) is 19.8 Å². The van der Waals surface area contributed by atoms with Crippen molar-refractivity contribution in [3.8, 4) is 11.1 Å². The fourth-order valence-corrected chi connectivity index (χ4v) is 6.18. The van der Waals surface area contributed by atoms with E-state index in [1.165, 1.54) is 5.56 Å². The summed E-state index contributed by atoms with van der Waals surface area (Å²) >= 11 is 0. The zero-order valence-electron chi connectivity index (χ0n) is 18.8. The van der Waals surface area contributed by atoms with Crippen LogP contribution in [0, 0.1) is 0 Å². The van der Waals surface area contributed by atoms with Gasteiger partial charge < -0.3 is 18.4 Å². The summed E-state index contributed by atoms with van der Waals surface area (Å²) < 4.78 is 17.8. The van der Waals surface area contributed by atoms with Gasteiger partial charge in [-0.1, -0.05) is 48.5 Å². The largest absolute Gasteiger partial charge is 0.500 e. The molecular weight excluding hydrogens is 408 g/mol.